The van der Waals surface area contributed by atoms with Crippen LogP contribution in [0.3, 0.4) is 0 Å². The van der Waals surface area contributed by atoms with Gasteiger partial charge in [-0.3, -0.25) is 14.4 Å². The van der Waals surface area contributed by atoms with E-state index in [1.807, 2.05) is 0 Å². The fraction of sp³-hybridized carbons (Fsp3) is 0.714. The zero-order chi connectivity index (χ0) is 17.5. The van der Waals surface area contributed by atoms with Crippen molar-refractivity contribution in [2.24, 2.45) is 5.73 Å². The first-order chi connectivity index (χ1) is 10.8. The number of hydrogen-bond donors (Lipinski definition) is 5. The Morgan fingerprint density at radius 2 is 1.70 bits per heavy atom. The molecule has 6 N–H and O–H groups in total. The molecule has 0 aromatic rings. The van der Waals surface area contributed by atoms with Gasteiger partial charge in [-0.1, -0.05) is 19.3 Å². The minimum Gasteiger partial charge on any atom is -0.481 e. The third-order valence-corrected chi connectivity index (χ3v) is 3.96. The Labute approximate surface area is 133 Å². The van der Waals surface area contributed by atoms with E-state index in [1.54, 1.807) is 0 Å². The fourth-order valence-electron chi connectivity index (χ4n) is 2.70. The van der Waals surface area contributed by atoms with Crippen molar-refractivity contribution in [1.82, 2.24) is 10.6 Å². The molecule has 1 saturated carbocycles. The molecule has 0 bridgehead atoms. The van der Waals surface area contributed by atoms with E-state index >= 15 is 0 Å². The first kappa shape index (κ1) is 18.9. The Hall–Kier alpha value is -2.16. The number of amides is 2. The minimum absolute atomic E-state index is 0.225. The predicted octanol–water partition coefficient (Wildman–Crippen LogP) is -0.802. The molecule has 0 aliphatic heterocycles. The third kappa shape index (κ3) is 5.51. The molecule has 9 heteroatoms. The summed E-state index contributed by atoms with van der Waals surface area (Å²) in [6.45, 7) is -0.267. The van der Waals surface area contributed by atoms with Crippen LogP contribution in [-0.2, 0) is 19.2 Å². The van der Waals surface area contributed by atoms with Crippen LogP contribution >= 0.6 is 0 Å². The van der Waals surface area contributed by atoms with Gasteiger partial charge in [-0.15, -0.1) is 0 Å². The first-order valence-electron chi connectivity index (χ1n) is 7.57. The number of carboxylic acids is 2. The van der Waals surface area contributed by atoms with Gasteiger partial charge in [0.05, 0.1) is 6.54 Å². The number of aliphatic carboxylic acids is 2. The van der Waals surface area contributed by atoms with Crippen molar-refractivity contribution in [2.75, 3.05) is 6.54 Å². The number of nitrogens with one attached hydrogen (secondary N) is 2. The van der Waals surface area contributed by atoms with E-state index in [9.17, 15) is 19.2 Å². The molecule has 0 aromatic carbocycles. The van der Waals surface area contributed by atoms with E-state index in [1.165, 1.54) is 0 Å². The predicted molar refractivity (Wildman–Crippen MR) is 79.4 cm³/mol. The summed E-state index contributed by atoms with van der Waals surface area (Å²) < 4.78 is 0. The third-order valence-electron chi connectivity index (χ3n) is 3.96. The number of hydrogen-bond acceptors (Lipinski definition) is 5. The van der Waals surface area contributed by atoms with Gasteiger partial charge < -0.3 is 26.6 Å². The highest BCUT2D eigenvalue weighted by molar-refractivity contribution is 5.94. The molecular formula is C14H23N3O6. The van der Waals surface area contributed by atoms with Gasteiger partial charge in [0.15, 0.2) is 0 Å². The summed E-state index contributed by atoms with van der Waals surface area (Å²) in [5.41, 5.74) is 4.10. The molecule has 0 unspecified atom stereocenters. The molecule has 23 heavy (non-hydrogen) atoms. The number of rotatable bonds is 8. The molecule has 9 nitrogen and oxygen atoms in total. The van der Waals surface area contributed by atoms with Crippen LogP contribution in [0, 0.1) is 0 Å². The SMILES string of the molecule is NCC(=O)NC1(C(=O)N[C@@H](CCC(=O)O)C(=O)O)CCCCC1. The maximum Gasteiger partial charge on any atom is 0.326 e. The highest BCUT2D eigenvalue weighted by Crippen LogP contribution is 2.28. The molecule has 2 amide bonds. The van der Waals surface area contributed by atoms with Crippen molar-refractivity contribution in [2.45, 2.75) is 56.5 Å². The molecule has 0 saturated heterocycles. The van der Waals surface area contributed by atoms with Crippen LogP contribution in [0.2, 0.25) is 0 Å². The minimum atomic E-state index is -1.31. The summed E-state index contributed by atoms with van der Waals surface area (Å²) >= 11 is 0. The van der Waals surface area contributed by atoms with Crippen LogP contribution in [0.15, 0.2) is 0 Å². The number of carbonyl (C=O) groups is 4. The zero-order valence-electron chi connectivity index (χ0n) is 12.8. The Kier molecular flexibility index (Phi) is 6.95. The van der Waals surface area contributed by atoms with E-state index in [0.717, 1.165) is 19.3 Å². The fourth-order valence-corrected chi connectivity index (χ4v) is 2.70. The van der Waals surface area contributed by atoms with Gasteiger partial charge in [-0.25, -0.2) is 4.79 Å². The quantitative estimate of drug-likeness (QED) is 0.390. The summed E-state index contributed by atoms with van der Waals surface area (Å²) in [4.78, 5) is 46.0. The van der Waals surface area contributed by atoms with Gasteiger partial charge in [0.1, 0.15) is 11.6 Å². The lowest BCUT2D eigenvalue weighted by molar-refractivity contribution is -0.144. The Morgan fingerprint density at radius 1 is 1.09 bits per heavy atom. The molecule has 0 radical (unpaired) electrons. The number of carboxylic acid groups (broad SMARTS) is 2. The molecular weight excluding hydrogens is 306 g/mol. The Bertz CT molecular complexity index is 473. The molecule has 0 spiro atoms. The maximum absolute atomic E-state index is 12.6. The van der Waals surface area contributed by atoms with Crippen molar-refractivity contribution < 1.29 is 29.4 Å². The number of nitrogens with two attached hydrogens (primary N) is 1. The lowest BCUT2D eigenvalue weighted by Gasteiger charge is -2.37. The van der Waals surface area contributed by atoms with Crippen molar-refractivity contribution in [3.05, 3.63) is 0 Å². The smallest absolute Gasteiger partial charge is 0.326 e. The van der Waals surface area contributed by atoms with E-state index < -0.39 is 35.3 Å². The second-order valence-corrected chi connectivity index (χ2v) is 5.69. The van der Waals surface area contributed by atoms with Crippen LogP contribution in [0.1, 0.15) is 44.9 Å². The highest BCUT2D eigenvalue weighted by atomic mass is 16.4. The van der Waals surface area contributed by atoms with Gasteiger partial charge in [0.25, 0.3) is 0 Å². The lowest BCUT2D eigenvalue weighted by atomic mass is 9.80. The van der Waals surface area contributed by atoms with Crippen LogP contribution in [-0.4, -0.2) is 52.1 Å². The topological polar surface area (TPSA) is 159 Å². The summed E-state index contributed by atoms with van der Waals surface area (Å²) in [6.07, 6.45) is 2.58. The molecule has 1 atom stereocenters. The van der Waals surface area contributed by atoms with E-state index in [2.05, 4.69) is 10.6 Å². The van der Waals surface area contributed by atoms with Crippen molar-refractivity contribution in [3.63, 3.8) is 0 Å². The average Bonchev–Trinajstić information content (AvgIpc) is 2.51. The molecule has 1 rings (SSSR count). The molecule has 1 aliphatic rings. The van der Waals surface area contributed by atoms with Crippen LogP contribution < -0.4 is 16.4 Å². The summed E-state index contributed by atoms with van der Waals surface area (Å²) in [5.74, 6) is -3.54. The van der Waals surface area contributed by atoms with E-state index in [-0.39, 0.29) is 19.4 Å². The monoisotopic (exact) mass is 329 g/mol. The van der Waals surface area contributed by atoms with Gasteiger partial charge in [0, 0.05) is 6.42 Å². The zero-order valence-corrected chi connectivity index (χ0v) is 12.8. The largest absolute Gasteiger partial charge is 0.481 e. The van der Waals surface area contributed by atoms with Gasteiger partial charge in [-0.2, -0.15) is 0 Å². The summed E-state index contributed by atoms with van der Waals surface area (Å²) in [7, 11) is 0. The Morgan fingerprint density at radius 3 is 2.17 bits per heavy atom. The maximum atomic E-state index is 12.6. The number of carbonyl (C=O) groups excluding carboxylic acids is 2. The molecule has 1 fully saturated rings. The van der Waals surface area contributed by atoms with Gasteiger partial charge in [-0.05, 0) is 19.3 Å². The lowest BCUT2D eigenvalue weighted by Crippen LogP contribution is -2.62. The van der Waals surface area contributed by atoms with Crippen molar-refractivity contribution in [3.8, 4) is 0 Å². The second-order valence-electron chi connectivity index (χ2n) is 5.69. The summed E-state index contributed by atoms with van der Waals surface area (Å²) in [5, 5.41) is 22.7. The van der Waals surface area contributed by atoms with Crippen LogP contribution in [0.25, 0.3) is 0 Å². The molecule has 0 heterocycles. The first-order valence-corrected chi connectivity index (χ1v) is 7.57. The van der Waals surface area contributed by atoms with Gasteiger partial charge >= 0.3 is 11.9 Å². The van der Waals surface area contributed by atoms with Crippen LogP contribution in [0.4, 0.5) is 0 Å². The Balaban J connectivity index is 2.83. The van der Waals surface area contributed by atoms with E-state index in [4.69, 9.17) is 15.9 Å². The molecule has 1 aliphatic carbocycles. The summed E-state index contributed by atoms with van der Waals surface area (Å²) in [6, 6.07) is -1.31. The normalized spacial score (nSPS) is 17.8. The van der Waals surface area contributed by atoms with Gasteiger partial charge in [0.2, 0.25) is 11.8 Å². The highest BCUT2D eigenvalue weighted by Gasteiger charge is 2.42. The standard InChI is InChI=1S/C14H23N3O6/c15-8-10(18)17-14(6-2-1-3-7-14)13(23)16-9(12(21)22)4-5-11(19)20/h9H,1-8,15H2,(H,16,23)(H,17,18)(H,19,20)(H,21,22)/t9-/m0/s1. The molecule has 130 valence electrons. The second kappa shape index (κ2) is 8.47. The van der Waals surface area contributed by atoms with Crippen molar-refractivity contribution >= 4 is 23.8 Å². The van der Waals surface area contributed by atoms with E-state index in [0.29, 0.717) is 12.8 Å². The van der Waals surface area contributed by atoms with Crippen LogP contribution in [0.5, 0.6) is 0 Å². The van der Waals surface area contributed by atoms with Crippen molar-refractivity contribution in [1.29, 1.82) is 0 Å². The average molecular weight is 329 g/mol. The molecule has 0 aromatic heterocycles.